The third kappa shape index (κ3) is 5.46. The molecule has 0 spiro atoms. The molecule has 2 N–H and O–H groups in total. The first-order valence-corrected chi connectivity index (χ1v) is 9.67. The number of ether oxygens (including phenoxy) is 1. The van der Waals surface area contributed by atoms with Gasteiger partial charge in [0, 0.05) is 23.4 Å². The minimum absolute atomic E-state index is 0.157. The topological polar surface area (TPSA) is 67.4 Å². The van der Waals surface area contributed by atoms with E-state index in [9.17, 15) is 9.59 Å². The van der Waals surface area contributed by atoms with Crippen LogP contribution in [-0.4, -0.2) is 25.5 Å². The summed E-state index contributed by atoms with van der Waals surface area (Å²) in [5, 5.41) is 5.78. The lowest BCUT2D eigenvalue weighted by Gasteiger charge is -2.13. The number of anilines is 1. The number of methoxy groups -OCH3 is 1. The highest BCUT2D eigenvalue weighted by molar-refractivity contribution is 6.06. The Bertz CT molecular complexity index is 856. The highest BCUT2D eigenvalue weighted by Gasteiger charge is 2.11. The number of hydrogen-bond acceptors (Lipinski definition) is 3. The van der Waals surface area contributed by atoms with Gasteiger partial charge in [-0.1, -0.05) is 17.7 Å². The van der Waals surface area contributed by atoms with Crippen LogP contribution in [0.1, 0.15) is 52.8 Å². The summed E-state index contributed by atoms with van der Waals surface area (Å²) >= 11 is 0. The van der Waals surface area contributed by atoms with E-state index in [-0.39, 0.29) is 11.8 Å². The molecule has 5 nitrogen and oxygen atoms in total. The van der Waals surface area contributed by atoms with Crippen LogP contribution in [0.2, 0.25) is 0 Å². The van der Waals surface area contributed by atoms with Gasteiger partial charge in [0.1, 0.15) is 5.75 Å². The maximum atomic E-state index is 12.5. The van der Waals surface area contributed by atoms with E-state index in [2.05, 4.69) is 16.7 Å². The zero-order valence-corrected chi connectivity index (χ0v) is 16.2. The Morgan fingerprint density at radius 2 is 1.75 bits per heavy atom. The van der Waals surface area contributed by atoms with Crippen LogP contribution >= 0.6 is 0 Å². The van der Waals surface area contributed by atoms with Gasteiger partial charge < -0.3 is 15.4 Å². The molecule has 3 rings (SSSR count). The van der Waals surface area contributed by atoms with Crippen molar-refractivity contribution < 1.29 is 14.3 Å². The fourth-order valence-corrected chi connectivity index (χ4v) is 3.25. The van der Waals surface area contributed by atoms with Gasteiger partial charge in [-0.25, -0.2) is 0 Å². The fourth-order valence-electron chi connectivity index (χ4n) is 3.25. The zero-order valence-electron chi connectivity index (χ0n) is 16.2. The van der Waals surface area contributed by atoms with Gasteiger partial charge in [-0.15, -0.1) is 0 Å². The molecule has 0 atom stereocenters. The van der Waals surface area contributed by atoms with Crippen LogP contribution in [0.5, 0.6) is 5.75 Å². The van der Waals surface area contributed by atoms with E-state index in [1.165, 1.54) is 18.4 Å². The molecule has 28 heavy (non-hydrogen) atoms. The normalized spacial score (nSPS) is 13.4. The largest absolute Gasteiger partial charge is 0.497 e. The molecular weight excluding hydrogens is 352 g/mol. The monoisotopic (exact) mass is 378 g/mol. The van der Waals surface area contributed by atoms with Gasteiger partial charge in [-0.05, 0) is 74.6 Å². The van der Waals surface area contributed by atoms with Gasteiger partial charge >= 0.3 is 0 Å². The number of rotatable bonds is 7. The van der Waals surface area contributed by atoms with E-state index in [1.54, 1.807) is 55.6 Å². The number of amides is 2. The van der Waals surface area contributed by atoms with E-state index in [1.807, 2.05) is 0 Å². The molecule has 2 aromatic rings. The van der Waals surface area contributed by atoms with Crippen molar-refractivity contribution >= 4 is 17.5 Å². The van der Waals surface area contributed by atoms with Gasteiger partial charge in [-0.2, -0.15) is 0 Å². The van der Waals surface area contributed by atoms with Crippen molar-refractivity contribution in [1.82, 2.24) is 5.32 Å². The van der Waals surface area contributed by atoms with Crippen LogP contribution in [0, 0.1) is 0 Å². The number of nitrogens with one attached hydrogen (secondary N) is 2. The minimum Gasteiger partial charge on any atom is -0.497 e. The average Bonchev–Trinajstić information content (AvgIpc) is 2.75. The third-order valence-corrected chi connectivity index (χ3v) is 4.85. The molecular formula is C23H26N2O3. The molecule has 146 valence electrons. The minimum atomic E-state index is -0.257. The summed E-state index contributed by atoms with van der Waals surface area (Å²) in [6.45, 7) is 0.618. The Balaban J connectivity index is 1.56. The molecule has 0 fully saturated rings. The van der Waals surface area contributed by atoms with E-state index in [0.29, 0.717) is 23.4 Å². The molecule has 0 bridgehead atoms. The summed E-state index contributed by atoms with van der Waals surface area (Å²) in [5.41, 5.74) is 3.03. The smallest absolute Gasteiger partial charge is 0.255 e. The molecule has 0 unspecified atom stereocenters. The highest BCUT2D eigenvalue weighted by atomic mass is 16.5. The molecule has 2 amide bonds. The Morgan fingerprint density at radius 1 is 1.00 bits per heavy atom. The maximum absolute atomic E-state index is 12.5. The zero-order chi connectivity index (χ0) is 19.8. The molecule has 0 saturated carbocycles. The van der Waals surface area contributed by atoms with Crippen molar-refractivity contribution in [2.24, 2.45) is 0 Å². The summed E-state index contributed by atoms with van der Waals surface area (Å²) in [6.07, 6.45) is 7.97. The van der Waals surface area contributed by atoms with E-state index in [4.69, 9.17) is 4.74 Å². The summed E-state index contributed by atoms with van der Waals surface area (Å²) in [7, 11) is 1.59. The van der Waals surface area contributed by atoms with Crippen LogP contribution in [0.4, 0.5) is 5.69 Å². The lowest BCUT2D eigenvalue weighted by molar-refractivity contribution is 0.0954. The highest BCUT2D eigenvalue weighted by Crippen LogP contribution is 2.19. The van der Waals surface area contributed by atoms with E-state index < -0.39 is 0 Å². The fraction of sp³-hybridized carbons (Fsp3) is 0.304. The number of hydrogen-bond donors (Lipinski definition) is 2. The number of carbonyl (C=O) groups is 2. The van der Waals surface area contributed by atoms with E-state index in [0.717, 1.165) is 25.0 Å². The first-order valence-electron chi connectivity index (χ1n) is 9.67. The number of benzene rings is 2. The molecule has 2 aromatic carbocycles. The molecule has 1 aliphatic rings. The number of carbonyl (C=O) groups excluding carboxylic acids is 2. The predicted octanol–water partition coefficient (Wildman–Crippen LogP) is 4.57. The molecule has 1 aliphatic carbocycles. The third-order valence-electron chi connectivity index (χ3n) is 4.85. The van der Waals surface area contributed by atoms with E-state index >= 15 is 0 Å². The quantitative estimate of drug-likeness (QED) is 0.694. The van der Waals surface area contributed by atoms with Crippen LogP contribution in [0.3, 0.4) is 0 Å². The van der Waals surface area contributed by atoms with Gasteiger partial charge in [0.15, 0.2) is 0 Å². The van der Waals surface area contributed by atoms with Crippen LogP contribution < -0.4 is 15.4 Å². The Morgan fingerprint density at radius 3 is 2.43 bits per heavy atom. The first-order chi connectivity index (χ1) is 13.7. The summed E-state index contributed by atoms with van der Waals surface area (Å²) in [6, 6.07) is 13.9. The maximum Gasteiger partial charge on any atom is 0.255 e. The first kappa shape index (κ1) is 19.7. The van der Waals surface area contributed by atoms with Gasteiger partial charge in [-0.3, -0.25) is 9.59 Å². The average molecular weight is 378 g/mol. The molecule has 0 radical (unpaired) electrons. The van der Waals surface area contributed by atoms with Crippen molar-refractivity contribution in [2.75, 3.05) is 19.0 Å². The molecule has 0 heterocycles. The Hall–Kier alpha value is -3.08. The lowest BCUT2D eigenvalue weighted by Crippen LogP contribution is -2.25. The van der Waals surface area contributed by atoms with Crippen LogP contribution in [-0.2, 0) is 0 Å². The van der Waals surface area contributed by atoms with Crippen molar-refractivity contribution in [3.63, 3.8) is 0 Å². The second kappa shape index (κ2) is 9.74. The SMILES string of the molecule is COc1ccc(NC(=O)c2cccc(C(=O)NCCC3=CCCCC3)c2)cc1. The van der Waals surface area contributed by atoms with Crippen molar-refractivity contribution in [1.29, 1.82) is 0 Å². The molecule has 0 aliphatic heterocycles. The summed E-state index contributed by atoms with van der Waals surface area (Å²) in [5.74, 6) is 0.309. The number of allylic oxidation sites excluding steroid dienone is 1. The van der Waals surface area contributed by atoms with Crippen molar-refractivity contribution in [3.8, 4) is 5.75 Å². The molecule has 0 aromatic heterocycles. The lowest BCUT2D eigenvalue weighted by atomic mass is 9.97. The molecule has 5 heteroatoms. The van der Waals surface area contributed by atoms with Crippen molar-refractivity contribution in [2.45, 2.75) is 32.1 Å². The Labute approximate surface area is 165 Å². The summed E-state index contributed by atoms with van der Waals surface area (Å²) < 4.78 is 5.11. The standard InChI is InChI=1S/C23H26N2O3/c1-28-21-12-10-20(11-13-21)25-23(27)19-9-5-8-18(16-19)22(26)24-15-14-17-6-3-2-4-7-17/h5-6,8-13,16H,2-4,7,14-15H2,1H3,(H,24,26)(H,25,27). The van der Waals surface area contributed by atoms with Gasteiger partial charge in [0.25, 0.3) is 11.8 Å². The van der Waals surface area contributed by atoms with Crippen molar-refractivity contribution in [3.05, 3.63) is 71.3 Å². The van der Waals surface area contributed by atoms with Gasteiger partial charge in [0.2, 0.25) is 0 Å². The van der Waals surface area contributed by atoms with Crippen LogP contribution in [0.25, 0.3) is 0 Å². The second-order valence-corrected chi connectivity index (χ2v) is 6.88. The molecule has 0 saturated heterocycles. The predicted molar refractivity (Wildman–Crippen MR) is 111 cm³/mol. The second-order valence-electron chi connectivity index (χ2n) is 6.88. The van der Waals surface area contributed by atoms with Gasteiger partial charge in [0.05, 0.1) is 7.11 Å². The Kier molecular flexibility index (Phi) is 6.84. The van der Waals surface area contributed by atoms with Crippen LogP contribution in [0.15, 0.2) is 60.2 Å². The summed E-state index contributed by atoms with van der Waals surface area (Å²) in [4.78, 5) is 24.9.